The van der Waals surface area contributed by atoms with Crippen LogP contribution in [0.4, 0.5) is 10.1 Å². The first-order valence-corrected chi connectivity index (χ1v) is 9.02. The average Bonchev–Trinajstić information content (AvgIpc) is 2.58. The first-order chi connectivity index (χ1) is 12.4. The molecule has 3 rings (SSSR count). The molecule has 0 radical (unpaired) electrons. The van der Waals surface area contributed by atoms with Crippen molar-refractivity contribution in [2.24, 2.45) is 0 Å². The summed E-state index contributed by atoms with van der Waals surface area (Å²) in [7, 11) is 0. The number of nitrogens with zero attached hydrogens (tertiary/aromatic N) is 1. The fourth-order valence-corrected chi connectivity index (χ4v) is 3.72. The third-order valence-corrected chi connectivity index (χ3v) is 4.88. The molecular weight excluding hydrogens is 329 g/mol. The van der Waals surface area contributed by atoms with Crippen molar-refractivity contribution in [2.75, 3.05) is 31.5 Å². The lowest BCUT2D eigenvalue weighted by Gasteiger charge is -2.36. The normalized spacial score (nSPS) is 17.9. The Kier molecular flexibility index (Phi) is 5.69. The van der Waals surface area contributed by atoms with E-state index in [4.69, 9.17) is 0 Å². The van der Waals surface area contributed by atoms with E-state index < -0.39 is 0 Å². The molecule has 1 aliphatic rings. The molecule has 1 unspecified atom stereocenters. The van der Waals surface area contributed by atoms with Gasteiger partial charge in [-0.3, -0.25) is 9.69 Å². The quantitative estimate of drug-likeness (QED) is 0.884. The molecule has 4 nitrogen and oxygen atoms in total. The Morgan fingerprint density at radius 1 is 1.23 bits per heavy atom. The molecule has 0 aromatic heterocycles. The second-order valence-electron chi connectivity index (χ2n) is 7.07. The average molecular weight is 355 g/mol. The Balaban J connectivity index is 1.73. The summed E-state index contributed by atoms with van der Waals surface area (Å²) in [6.07, 6.45) is 0. The van der Waals surface area contributed by atoms with E-state index in [-0.39, 0.29) is 24.3 Å². The number of hydrogen-bond acceptors (Lipinski definition) is 3. The van der Waals surface area contributed by atoms with Gasteiger partial charge in [-0.2, -0.15) is 0 Å². The van der Waals surface area contributed by atoms with Crippen molar-refractivity contribution in [3.05, 3.63) is 64.5 Å². The van der Waals surface area contributed by atoms with Crippen LogP contribution in [0.15, 0.2) is 36.4 Å². The Morgan fingerprint density at radius 2 is 1.96 bits per heavy atom. The minimum Gasteiger partial charge on any atom is -0.324 e. The molecule has 1 amide bonds. The number of hydrogen-bond donors (Lipinski definition) is 2. The van der Waals surface area contributed by atoms with Gasteiger partial charge in [-0.1, -0.05) is 29.8 Å². The summed E-state index contributed by atoms with van der Waals surface area (Å²) in [5.74, 6) is -0.285. The van der Waals surface area contributed by atoms with Crippen molar-refractivity contribution in [1.29, 1.82) is 0 Å². The molecule has 1 heterocycles. The smallest absolute Gasteiger partial charge is 0.238 e. The monoisotopic (exact) mass is 355 g/mol. The minimum absolute atomic E-state index is 0.00888. The maximum atomic E-state index is 13.6. The van der Waals surface area contributed by atoms with Gasteiger partial charge in [-0.05, 0) is 49.6 Å². The van der Waals surface area contributed by atoms with Gasteiger partial charge in [0.05, 0.1) is 6.54 Å². The zero-order chi connectivity index (χ0) is 18.7. The molecule has 1 aliphatic heterocycles. The summed E-state index contributed by atoms with van der Waals surface area (Å²) in [5.41, 5.74) is 5.10. The van der Waals surface area contributed by atoms with E-state index in [1.165, 1.54) is 11.6 Å². The van der Waals surface area contributed by atoms with Crippen molar-refractivity contribution >= 4 is 11.6 Å². The van der Waals surface area contributed by atoms with E-state index in [2.05, 4.69) is 34.6 Å². The van der Waals surface area contributed by atoms with Gasteiger partial charge in [0.15, 0.2) is 0 Å². The van der Waals surface area contributed by atoms with E-state index in [1.807, 2.05) is 19.9 Å². The molecule has 5 heteroatoms. The van der Waals surface area contributed by atoms with Crippen molar-refractivity contribution in [3.63, 3.8) is 0 Å². The molecule has 2 aromatic carbocycles. The van der Waals surface area contributed by atoms with Gasteiger partial charge in [-0.15, -0.1) is 0 Å². The van der Waals surface area contributed by atoms with E-state index in [0.717, 1.165) is 35.5 Å². The number of nitrogens with one attached hydrogen (secondary N) is 2. The summed E-state index contributed by atoms with van der Waals surface area (Å²) in [6, 6.07) is 10.8. The number of benzene rings is 2. The van der Waals surface area contributed by atoms with Crippen LogP contribution >= 0.6 is 0 Å². The van der Waals surface area contributed by atoms with Gasteiger partial charge in [0.1, 0.15) is 5.82 Å². The highest BCUT2D eigenvalue weighted by Crippen LogP contribution is 2.24. The zero-order valence-corrected chi connectivity index (χ0v) is 15.6. The van der Waals surface area contributed by atoms with Gasteiger partial charge in [0.2, 0.25) is 5.91 Å². The van der Waals surface area contributed by atoms with Crippen LogP contribution in [0, 0.1) is 26.6 Å². The van der Waals surface area contributed by atoms with Gasteiger partial charge in [0, 0.05) is 31.4 Å². The topological polar surface area (TPSA) is 44.4 Å². The molecule has 2 aromatic rings. The van der Waals surface area contributed by atoms with Crippen LogP contribution < -0.4 is 10.6 Å². The molecule has 138 valence electrons. The van der Waals surface area contributed by atoms with Crippen molar-refractivity contribution in [2.45, 2.75) is 26.8 Å². The van der Waals surface area contributed by atoms with Crippen LogP contribution in [-0.4, -0.2) is 37.0 Å². The van der Waals surface area contributed by atoms with Crippen molar-refractivity contribution < 1.29 is 9.18 Å². The van der Waals surface area contributed by atoms with Crippen LogP contribution in [0.1, 0.15) is 28.3 Å². The van der Waals surface area contributed by atoms with Crippen LogP contribution in [0.25, 0.3) is 0 Å². The van der Waals surface area contributed by atoms with Gasteiger partial charge < -0.3 is 10.6 Å². The predicted molar refractivity (Wildman–Crippen MR) is 103 cm³/mol. The van der Waals surface area contributed by atoms with E-state index in [9.17, 15) is 9.18 Å². The van der Waals surface area contributed by atoms with Gasteiger partial charge in [-0.25, -0.2) is 4.39 Å². The number of piperazine rings is 1. The summed E-state index contributed by atoms with van der Waals surface area (Å²) in [6.45, 7) is 8.64. The highest BCUT2D eigenvalue weighted by atomic mass is 19.1. The fourth-order valence-electron chi connectivity index (χ4n) is 3.72. The van der Waals surface area contributed by atoms with Gasteiger partial charge >= 0.3 is 0 Å². The Hall–Kier alpha value is -2.24. The first-order valence-electron chi connectivity index (χ1n) is 9.02. The lowest BCUT2D eigenvalue weighted by molar-refractivity contribution is -0.118. The number of carbonyl (C=O) groups is 1. The van der Waals surface area contributed by atoms with E-state index in [0.29, 0.717) is 6.54 Å². The number of amides is 1. The second kappa shape index (κ2) is 7.98. The van der Waals surface area contributed by atoms with Crippen LogP contribution in [0.5, 0.6) is 0 Å². The van der Waals surface area contributed by atoms with Crippen LogP contribution in [-0.2, 0) is 4.79 Å². The third-order valence-electron chi connectivity index (χ3n) is 4.88. The lowest BCUT2D eigenvalue weighted by atomic mass is 10.0. The summed E-state index contributed by atoms with van der Waals surface area (Å²) < 4.78 is 13.6. The van der Waals surface area contributed by atoms with Crippen LogP contribution in [0.3, 0.4) is 0 Å². The standard InChI is InChI=1S/C21H26FN3O/c1-14-9-15(2)21(16(3)10-14)24-20(26)13-25-8-7-23-12-19(25)17-5-4-6-18(22)11-17/h4-6,9-11,19,23H,7-8,12-13H2,1-3H3,(H,24,26). The van der Waals surface area contributed by atoms with E-state index >= 15 is 0 Å². The maximum Gasteiger partial charge on any atom is 0.238 e. The molecule has 26 heavy (non-hydrogen) atoms. The largest absolute Gasteiger partial charge is 0.324 e. The summed E-state index contributed by atoms with van der Waals surface area (Å²) in [5, 5.41) is 6.40. The predicted octanol–water partition coefficient (Wildman–Crippen LogP) is 3.34. The number of rotatable bonds is 4. The van der Waals surface area contributed by atoms with Gasteiger partial charge in [0.25, 0.3) is 0 Å². The van der Waals surface area contributed by atoms with Crippen LogP contribution in [0.2, 0.25) is 0 Å². The molecule has 0 bridgehead atoms. The number of aryl methyl sites for hydroxylation is 3. The minimum atomic E-state index is -0.247. The third kappa shape index (κ3) is 4.29. The Morgan fingerprint density at radius 3 is 2.65 bits per heavy atom. The molecule has 1 atom stereocenters. The molecule has 0 aliphatic carbocycles. The Labute approximate surface area is 154 Å². The number of carbonyl (C=O) groups excluding carboxylic acids is 1. The highest BCUT2D eigenvalue weighted by Gasteiger charge is 2.26. The first kappa shape index (κ1) is 18.5. The molecule has 0 saturated carbocycles. The number of halogens is 1. The van der Waals surface area contributed by atoms with E-state index in [1.54, 1.807) is 12.1 Å². The molecule has 0 spiro atoms. The SMILES string of the molecule is Cc1cc(C)c(NC(=O)CN2CCNCC2c2cccc(F)c2)c(C)c1. The molecular formula is C21H26FN3O. The molecule has 2 N–H and O–H groups in total. The van der Waals surface area contributed by atoms with Crippen molar-refractivity contribution in [3.8, 4) is 0 Å². The lowest BCUT2D eigenvalue weighted by Crippen LogP contribution is -2.48. The highest BCUT2D eigenvalue weighted by molar-refractivity contribution is 5.93. The summed E-state index contributed by atoms with van der Waals surface area (Å²) >= 11 is 0. The number of anilines is 1. The molecule has 1 saturated heterocycles. The maximum absolute atomic E-state index is 13.6. The fraction of sp³-hybridized carbons (Fsp3) is 0.381. The van der Waals surface area contributed by atoms with Crippen molar-refractivity contribution in [1.82, 2.24) is 10.2 Å². The second-order valence-corrected chi connectivity index (χ2v) is 7.07. The Bertz CT molecular complexity index is 783. The zero-order valence-electron chi connectivity index (χ0n) is 15.6. The molecule has 1 fully saturated rings. The summed E-state index contributed by atoms with van der Waals surface area (Å²) in [4.78, 5) is 14.8.